The summed E-state index contributed by atoms with van der Waals surface area (Å²) in [5.41, 5.74) is 8.39. The molecule has 0 bridgehead atoms. The molecule has 14 heteroatoms. The lowest BCUT2D eigenvalue weighted by molar-refractivity contribution is -0.158. The lowest BCUT2D eigenvalue weighted by Crippen LogP contribution is -2.49. The van der Waals surface area contributed by atoms with Crippen molar-refractivity contribution in [3.8, 4) is 0 Å². The molecule has 1 aromatic carbocycles. The molecule has 1 saturated heterocycles. The molecule has 3 aromatic rings. The molecular weight excluding hydrogens is 595 g/mol. The highest BCUT2D eigenvalue weighted by atomic mass is 35.5. The molecule has 2 fully saturated rings. The minimum Gasteiger partial charge on any atom is -0.474 e. The van der Waals surface area contributed by atoms with Gasteiger partial charge in [0.15, 0.2) is 0 Å². The summed E-state index contributed by atoms with van der Waals surface area (Å²) >= 11 is 0. The largest absolute Gasteiger partial charge is 0.474 e. The van der Waals surface area contributed by atoms with Crippen LogP contribution in [0.25, 0.3) is 11.0 Å². The van der Waals surface area contributed by atoms with Crippen LogP contribution in [0.4, 0.5) is 5.69 Å². The summed E-state index contributed by atoms with van der Waals surface area (Å²) in [6.07, 6.45) is 9.87. The van der Waals surface area contributed by atoms with Crippen LogP contribution < -0.4 is 16.0 Å². The fourth-order valence-corrected chi connectivity index (χ4v) is 5.94. The van der Waals surface area contributed by atoms with Crippen LogP contribution in [0.2, 0.25) is 0 Å². The van der Waals surface area contributed by atoms with E-state index < -0.39 is 11.9 Å². The first-order chi connectivity index (χ1) is 19.8. The standard InChI is InChI=1S/C29H36N8O4.2ClH/c30-27(31)19-6-7-24-23(16-19)34-25(37(24)18-26(38)33-20-4-2-1-3-5-20)17-36(28(39)29(40)41)22-10-14-35(15-11-22)21-8-12-32-13-9-21;;/h6-9,12-13,16,20,22H,1-5,10-11,14-15,17-18H2,(H3,30,31)(H,33,38)(H,40,41);2*1H. The lowest BCUT2D eigenvalue weighted by Gasteiger charge is -2.38. The zero-order chi connectivity index (χ0) is 28.9. The highest BCUT2D eigenvalue weighted by molar-refractivity contribution is 6.31. The van der Waals surface area contributed by atoms with Crippen molar-refractivity contribution in [2.45, 2.75) is 70.1 Å². The highest BCUT2D eigenvalue weighted by Crippen LogP contribution is 2.26. The second-order valence-electron chi connectivity index (χ2n) is 10.8. The Hall–Kier alpha value is -3.90. The Labute approximate surface area is 262 Å². The molecule has 0 radical (unpaired) electrons. The number of carboxylic acids is 1. The van der Waals surface area contributed by atoms with Gasteiger partial charge in [0.05, 0.1) is 17.6 Å². The number of nitrogen functional groups attached to an aromatic ring is 1. The molecule has 43 heavy (non-hydrogen) atoms. The Balaban J connectivity index is 0.00000253. The van der Waals surface area contributed by atoms with Gasteiger partial charge in [-0.05, 0) is 56.0 Å². The normalized spacial score (nSPS) is 15.7. The molecule has 2 aromatic heterocycles. The smallest absolute Gasteiger partial charge is 0.394 e. The molecule has 1 aliphatic carbocycles. The quantitative estimate of drug-likeness (QED) is 0.167. The van der Waals surface area contributed by atoms with Crippen LogP contribution in [0.1, 0.15) is 56.3 Å². The zero-order valence-corrected chi connectivity index (χ0v) is 25.4. The number of fused-ring (bicyclic) bond motifs is 1. The van der Waals surface area contributed by atoms with E-state index in [1.54, 1.807) is 35.2 Å². The van der Waals surface area contributed by atoms with E-state index in [0.717, 1.165) is 31.4 Å². The second kappa shape index (κ2) is 15.0. The van der Waals surface area contributed by atoms with E-state index in [4.69, 9.17) is 16.1 Å². The molecule has 0 atom stereocenters. The first-order valence-electron chi connectivity index (χ1n) is 14.1. The van der Waals surface area contributed by atoms with Gasteiger partial charge < -0.3 is 30.5 Å². The van der Waals surface area contributed by atoms with Crippen molar-refractivity contribution in [3.63, 3.8) is 0 Å². The minimum atomic E-state index is -1.53. The maximum atomic E-state index is 13.2. The SMILES string of the molecule is Cl.Cl.N=C(N)c1ccc2c(c1)nc(CN(C(=O)C(=O)O)C1CCN(c3ccncc3)CC1)n2CC(=O)NC1CCCCC1. The van der Waals surface area contributed by atoms with E-state index in [1.807, 2.05) is 12.1 Å². The lowest BCUT2D eigenvalue weighted by atomic mass is 9.95. The van der Waals surface area contributed by atoms with E-state index in [-0.39, 0.29) is 61.7 Å². The number of nitrogens with zero attached hydrogens (tertiary/aromatic N) is 5. The number of nitrogens with two attached hydrogens (primary N) is 1. The van der Waals surface area contributed by atoms with E-state index in [0.29, 0.717) is 48.4 Å². The van der Waals surface area contributed by atoms with Crippen LogP contribution in [0.5, 0.6) is 0 Å². The predicted molar refractivity (Wildman–Crippen MR) is 168 cm³/mol. The van der Waals surface area contributed by atoms with Crippen LogP contribution >= 0.6 is 24.8 Å². The van der Waals surface area contributed by atoms with Crippen molar-refractivity contribution in [2.24, 2.45) is 5.73 Å². The van der Waals surface area contributed by atoms with Crippen molar-refractivity contribution < 1.29 is 19.5 Å². The number of anilines is 1. The molecule has 1 saturated carbocycles. The topological polar surface area (TPSA) is 171 Å². The third-order valence-electron chi connectivity index (χ3n) is 8.10. The molecule has 5 N–H and O–H groups in total. The maximum absolute atomic E-state index is 13.2. The van der Waals surface area contributed by atoms with E-state index >= 15 is 0 Å². The number of piperidine rings is 1. The second-order valence-corrected chi connectivity index (χ2v) is 10.8. The molecule has 0 unspecified atom stereocenters. The number of carbonyl (C=O) groups is 3. The summed E-state index contributed by atoms with van der Waals surface area (Å²) in [4.78, 5) is 50.4. The Morgan fingerprint density at radius 3 is 2.33 bits per heavy atom. The number of hydrogen-bond acceptors (Lipinski definition) is 7. The van der Waals surface area contributed by atoms with Crippen molar-refractivity contribution in [3.05, 3.63) is 54.1 Å². The number of amidine groups is 1. The first-order valence-corrected chi connectivity index (χ1v) is 14.1. The summed E-state index contributed by atoms with van der Waals surface area (Å²) in [6, 6.07) is 8.80. The fraction of sp³-hybridized carbons (Fsp3) is 0.448. The van der Waals surface area contributed by atoms with Gasteiger partial charge in [0.25, 0.3) is 0 Å². The molecular formula is C29H38Cl2N8O4. The molecule has 12 nitrogen and oxygen atoms in total. The Bertz CT molecular complexity index is 1440. The number of imidazole rings is 1. The first kappa shape index (κ1) is 33.6. The van der Waals surface area contributed by atoms with Gasteiger partial charge in [-0.3, -0.25) is 20.0 Å². The number of hydrogen-bond donors (Lipinski definition) is 4. The fourth-order valence-electron chi connectivity index (χ4n) is 5.94. The number of amides is 2. The molecule has 2 amide bonds. The summed E-state index contributed by atoms with van der Waals surface area (Å²) in [5.74, 6) is -2.39. The van der Waals surface area contributed by atoms with Gasteiger partial charge in [-0.25, -0.2) is 9.78 Å². The third-order valence-corrected chi connectivity index (χ3v) is 8.10. The maximum Gasteiger partial charge on any atom is 0.394 e. The summed E-state index contributed by atoms with van der Waals surface area (Å²) in [7, 11) is 0. The van der Waals surface area contributed by atoms with Crippen LogP contribution in [0, 0.1) is 5.41 Å². The van der Waals surface area contributed by atoms with Gasteiger partial charge in [-0.1, -0.05) is 19.3 Å². The molecule has 3 heterocycles. The molecule has 5 rings (SSSR count). The molecule has 2 aliphatic rings. The highest BCUT2D eigenvalue weighted by Gasteiger charge is 2.33. The summed E-state index contributed by atoms with van der Waals surface area (Å²) < 4.78 is 1.74. The monoisotopic (exact) mass is 632 g/mol. The number of halogens is 2. The molecule has 232 valence electrons. The zero-order valence-electron chi connectivity index (χ0n) is 23.8. The number of aromatic nitrogens is 3. The van der Waals surface area contributed by atoms with E-state index in [9.17, 15) is 19.5 Å². The number of carboxylic acid groups (broad SMARTS) is 1. The van der Waals surface area contributed by atoms with Gasteiger partial charge in [-0.15, -0.1) is 24.8 Å². The minimum absolute atomic E-state index is 0. The number of carbonyl (C=O) groups excluding carboxylic acids is 2. The van der Waals surface area contributed by atoms with Gasteiger partial charge in [0.2, 0.25) is 5.91 Å². The average molecular weight is 634 g/mol. The van der Waals surface area contributed by atoms with Crippen LogP contribution in [-0.2, 0) is 27.5 Å². The summed E-state index contributed by atoms with van der Waals surface area (Å²) in [5, 5.41) is 20.6. The Kier molecular flexibility index (Phi) is 11.7. The molecule has 0 spiro atoms. The van der Waals surface area contributed by atoms with Crippen LogP contribution in [0.3, 0.4) is 0 Å². The Morgan fingerprint density at radius 2 is 1.70 bits per heavy atom. The van der Waals surface area contributed by atoms with Gasteiger partial charge in [0.1, 0.15) is 18.2 Å². The number of pyridine rings is 1. The van der Waals surface area contributed by atoms with Crippen molar-refractivity contribution in [1.82, 2.24) is 24.8 Å². The number of aliphatic carboxylic acids is 1. The van der Waals surface area contributed by atoms with Crippen molar-refractivity contribution in [1.29, 1.82) is 5.41 Å². The van der Waals surface area contributed by atoms with Crippen molar-refractivity contribution >= 4 is 65.2 Å². The predicted octanol–water partition coefficient (Wildman–Crippen LogP) is 3.09. The van der Waals surface area contributed by atoms with Crippen LogP contribution in [0.15, 0.2) is 42.7 Å². The van der Waals surface area contributed by atoms with Gasteiger partial charge in [0, 0.05) is 48.8 Å². The van der Waals surface area contributed by atoms with E-state index in [2.05, 4.69) is 15.2 Å². The van der Waals surface area contributed by atoms with Gasteiger partial charge >= 0.3 is 11.9 Å². The summed E-state index contributed by atoms with van der Waals surface area (Å²) in [6.45, 7) is 1.23. The van der Waals surface area contributed by atoms with Gasteiger partial charge in [-0.2, -0.15) is 0 Å². The molecule has 1 aliphatic heterocycles. The Morgan fingerprint density at radius 1 is 1.02 bits per heavy atom. The number of nitrogens with one attached hydrogen (secondary N) is 2. The van der Waals surface area contributed by atoms with Crippen molar-refractivity contribution in [2.75, 3.05) is 18.0 Å². The number of rotatable bonds is 8. The average Bonchev–Trinajstić information content (AvgIpc) is 3.32. The number of benzene rings is 1. The van der Waals surface area contributed by atoms with E-state index in [1.165, 1.54) is 11.3 Å². The third kappa shape index (κ3) is 7.94. The van der Waals surface area contributed by atoms with Crippen LogP contribution in [-0.4, -0.2) is 73.3 Å².